The van der Waals surface area contributed by atoms with Crippen molar-refractivity contribution in [2.75, 3.05) is 0 Å². The zero-order valence-corrected chi connectivity index (χ0v) is 11.2. The molecule has 2 aromatic rings. The predicted octanol–water partition coefficient (Wildman–Crippen LogP) is 2.00. The third-order valence-corrected chi connectivity index (χ3v) is 2.76. The van der Waals surface area contributed by atoms with Gasteiger partial charge in [0, 0.05) is 11.4 Å². The van der Waals surface area contributed by atoms with Crippen molar-refractivity contribution in [3.05, 3.63) is 47.0 Å². The number of aryl methyl sites for hydroxylation is 2. The summed E-state index contributed by atoms with van der Waals surface area (Å²) in [5.41, 5.74) is 3.20. The summed E-state index contributed by atoms with van der Waals surface area (Å²) < 4.78 is 0. The zero-order valence-electron chi connectivity index (χ0n) is 11.2. The molecule has 2 rings (SSSR count). The lowest BCUT2D eigenvalue weighted by atomic mass is 10.2. The molecule has 0 spiro atoms. The predicted molar refractivity (Wildman–Crippen MR) is 72.7 cm³/mol. The van der Waals surface area contributed by atoms with Crippen molar-refractivity contribution in [1.82, 2.24) is 20.5 Å². The van der Waals surface area contributed by atoms with Crippen LogP contribution in [0, 0.1) is 6.92 Å². The Labute approximate surface area is 112 Å². The Hall–Kier alpha value is -2.17. The van der Waals surface area contributed by atoms with Crippen LogP contribution >= 0.6 is 0 Å². The Morgan fingerprint density at radius 1 is 1.42 bits per heavy atom. The summed E-state index contributed by atoms with van der Waals surface area (Å²) in [6.07, 6.45) is 1.93. The van der Waals surface area contributed by atoms with Gasteiger partial charge in [-0.15, -0.1) is 0 Å². The number of nitrogens with one attached hydrogen (secondary N) is 2. The smallest absolute Gasteiger partial charge is 0.272 e. The first-order chi connectivity index (χ1) is 9.19. The van der Waals surface area contributed by atoms with Crippen LogP contribution in [0.25, 0.3) is 0 Å². The quantitative estimate of drug-likeness (QED) is 0.861. The van der Waals surface area contributed by atoms with Gasteiger partial charge < -0.3 is 5.32 Å². The van der Waals surface area contributed by atoms with Crippen LogP contribution in [0.2, 0.25) is 0 Å². The van der Waals surface area contributed by atoms with Gasteiger partial charge in [-0.05, 0) is 31.5 Å². The molecule has 0 fully saturated rings. The molecule has 1 amide bonds. The van der Waals surface area contributed by atoms with Gasteiger partial charge in [0.25, 0.3) is 5.91 Å². The minimum absolute atomic E-state index is 0.179. The van der Waals surface area contributed by atoms with Gasteiger partial charge in [0.2, 0.25) is 0 Å². The SMILES string of the molecule is CCCc1cc(C(=O)NCc2cccc(C)n2)n[nH]1. The highest BCUT2D eigenvalue weighted by Gasteiger charge is 2.09. The molecule has 0 saturated carbocycles. The molecule has 0 atom stereocenters. The van der Waals surface area contributed by atoms with Gasteiger partial charge >= 0.3 is 0 Å². The average molecular weight is 258 g/mol. The number of aromatic nitrogens is 3. The summed E-state index contributed by atoms with van der Waals surface area (Å²) >= 11 is 0. The van der Waals surface area contributed by atoms with Crippen molar-refractivity contribution in [2.45, 2.75) is 33.2 Å². The van der Waals surface area contributed by atoms with Gasteiger partial charge in [0.05, 0.1) is 12.2 Å². The summed E-state index contributed by atoms with van der Waals surface area (Å²) in [6.45, 7) is 4.43. The summed E-state index contributed by atoms with van der Waals surface area (Å²) in [4.78, 5) is 16.2. The van der Waals surface area contributed by atoms with E-state index >= 15 is 0 Å². The van der Waals surface area contributed by atoms with Gasteiger partial charge in [-0.3, -0.25) is 14.9 Å². The lowest BCUT2D eigenvalue weighted by Gasteiger charge is -2.03. The van der Waals surface area contributed by atoms with Gasteiger partial charge in [-0.25, -0.2) is 0 Å². The van der Waals surface area contributed by atoms with Crippen LogP contribution in [0.4, 0.5) is 0 Å². The molecule has 0 unspecified atom stereocenters. The summed E-state index contributed by atoms with van der Waals surface area (Å²) in [5, 5.41) is 9.69. The van der Waals surface area contributed by atoms with E-state index < -0.39 is 0 Å². The summed E-state index contributed by atoms with van der Waals surface area (Å²) in [7, 11) is 0. The molecule has 19 heavy (non-hydrogen) atoms. The number of hydrogen-bond acceptors (Lipinski definition) is 3. The highest BCUT2D eigenvalue weighted by atomic mass is 16.1. The van der Waals surface area contributed by atoms with Gasteiger partial charge in [0.15, 0.2) is 0 Å². The second-order valence-electron chi connectivity index (χ2n) is 4.48. The Morgan fingerprint density at radius 3 is 3.00 bits per heavy atom. The van der Waals surface area contributed by atoms with Crippen molar-refractivity contribution in [3.8, 4) is 0 Å². The fourth-order valence-corrected chi connectivity index (χ4v) is 1.83. The molecule has 2 N–H and O–H groups in total. The van der Waals surface area contributed by atoms with Crippen molar-refractivity contribution < 1.29 is 4.79 Å². The van der Waals surface area contributed by atoms with Crippen LogP contribution < -0.4 is 5.32 Å². The molecule has 0 aliphatic carbocycles. The van der Waals surface area contributed by atoms with Crippen molar-refractivity contribution in [1.29, 1.82) is 0 Å². The first-order valence-corrected chi connectivity index (χ1v) is 6.44. The van der Waals surface area contributed by atoms with E-state index in [1.807, 2.05) is 25.1 Å². The molecule has 0 aromatic carbocycles. The monoisotopic (exact) mass is 258 g/mol. The number of carbonyl (C=O) groups is 1. The number of amides is 1. The maximum atomic E-state index is 11.9. The highest BCUT2D eigenvalue weighted by Crippen LogP contribution is 2.03. The standard InChI is InChI=1S/C14H18N4O/c1-3-5-11-8-13(18-17-11)14(19)15-9-12-7-4-6-10(2)16-12/h4,6-8H,3,5,9H2,1-2H3,(H,15,19)(H,17,18). The van der Waals surface area contributed by atoms with Crippen molar-refractivity contribution >= 4 is 5.91 Å². The normalized spacial score (nSPS) is 10.4. The molecule has 2 heterocycles. The maximum absolute atomic E-state index is 11.9. The fraction of sp³-hybridized carbons (Fsp3) is 0.357. The Balaban J connectivity index is 1.93. The van der Waals surface area contributed by atoms with Crippen LogP contribution in [-0.2, 0) is 13.0 Å². The van der Waals surface area contributed by atoms with Crippen LogP contribution in [0.5, 0.6) is 0 Å². The highest BCUT2D eigenvalue weighted by molar-refractivity contribution is 5.92. The summed E-state index contributed by atoms with van der Waals surface area (Å²) in [6, 6.07) is 7.54. The first-order valence-electron chi connectivity index (χ1n) is 6.44. The van der Waals surface area contributed by atoms with Crippen molar-refractivity contribution in [3.63, 3.8) is 0 Å². The molecule has 0 aliphatic heterocycles. The van der Waals surface area contributed by atoms with Crippen LogP contribution in [0.1, 0.15) is 40.9 Å². The van der Waals surface area contributed by atoms with E-state index in [0.29, 0.717) is 12.2 Å². The Kier molecular flexibility index (Phi) is 4.28. The van der Waals surface area contributed by atoms with E-state index in [1.165, 1.54) is 0 Å². The lowest BCUT2D eigenvalue weighted by Crippen LogP contribution is -2.23. The van der Waals surface area contributed by atoms with Crippen LogP contribution in [0.3, 0.4) is 0 Å². The molecule has 5 nitrogen and oxygen atoms in total. The van der Waals surface area contributed by atoms with E-state index in [2.05, 4.69) is 27.4 Å². The van der Waals surface area contributed by atoms with Crippen LogP contribution in [0.15, 0.2) is 24.3 Å². The third-order valence-electron chi connectivity index (χ3n) is 2.76. The second kappa shape index (κ2) is 6.13. The van der Waals surface area contributed by atoms with Gasteiger partial charge in [-0.2, -0.15) is 5.10 Å². The van der Waals surface area contributed by atoms with Crippen LogP contribution in [-0.4, -0.2) is 21.1 Å². The van der Waals surface area contributed by atoms with Gasteiger partial charge in [0.1, 0.15) is 5.69 Å². The molecule has 0 saturated heterocycles. The number of nitrogens with zero attached hydrogens (tertiary/aromatic N) is 2. The zero-order chi connectivity index (χ0) is 13.7. The minimum atomic E-state index is -0.179. The minimum Gasteiger partial charge on any atom is -0.345 e. The topological polar surface area (TPSA) is 70.7 Å². The molecule has 0 radical (unpaired) electrons. The Morgan fingerprint density at radius 2 is 2.26 bits per heavy atom. The van der Waals surface area contributed by atoms with E-state index in [-0.39, 0.29) is 5.91 Å². The fourth-order valence-electron chi connectivity index (χ4n) is 1.83. The number of carbonyl (C=O) groups excluding carboxylic acids is 1. The number of pyridine rings is 1. The maximum Gasteiger partial charge on any atom is 0.272 e. The molecule has 0 aliphatic rings. The van der Waals surface area contributed by atoms with E-state index in [0.717, 1.165) is 29.9 Å². The summed E-state index contributed by atoms with van der Waals surface area (Å²) in [5.74, 6) is -0.179. The average Bonchev–Trinajstić information content (AvgIpc) is 2.85. The molecule has 5 heteroatoms. The molecular formula is C14H18N4O. The van der Waals surface area contributed by atoms with Crippen molar-refractivity contribution in [2.24, 2.45) is 0 Å². The Bertz CT molecular complexity index is 562. The number of H-pyrrole nitrogens is 1. The number of hydrogen-bond donors (Lipinski definition) is 2. The molecule has 2 aromatic heterocycles. The number of rotatable bonds is 5. The molecule has 100 valence electrons. The van der Waals surface area contributed by atoms with E-state index in [1.54, 1.807) is 6.07 Å². The largest absolute Gasteiger partial charge is 0.345 e. The second-order valence-corrected chi connectivity index (χ2v) is 4.48. The van der Waals surface area contributed by atoms with E-state index in [9.17, 15) is 4.79 Å². The lowest BCUT2D eigenvalue weighted by molar-refractivity contribution is 0.0945. The first kappa shape index (κ1) is 13.3. The molecular weight excluding hydrogens is 240 g/mol. The van der Waals surface area contributed by atoms with E-state index in [4.69, 9.17) is 0 Å². The van der Waals surface area contributed by atoms with Gasteiger partial charge in [-0.1, -0.05) is 19.4 Å². The number of aromatic amines is 1. The third kappa shape index (κ3) is 3.64. The molecule has 0 bridgehead atoms.